The van der Waals surface area contributed by atoms with Crippen LogP contribution in [0.15, 0.2) is 18.2 Å². The van der Waals surface area contributed by atoms with Crippen LogP contribution in [0.4, 0.5) is 5.69 Å². The van der Waals surface area contributed by atoms with Gasteiger partial charge in [-0.05, 0) is 50.5 Å². The second-order valence-corrected chi connectivity index (χ2v) is 5.51. The van der Waals surface area contributed by atoms with Gasteiger partial charge in [-0.25, -0.2) is 0 Å². The molecule has 0 amide bonds. The van der Waals surface area contributed by atoms with Gasteiger partial charge in [0.15, 0.2) is 0 Å². The lowest BCUT2D eigenvalue weighted by Gasteiger charge is -2.29. The first-order valence-electron chi connectivity index (χ1n) is 7.02. The van der Waals surface area contributed by atoms with E-state index in [1.807, 2.05) is 0 Å². The maximum atomic E-state index is 5.92. The molecule has 0 N–H and O–H groups in total. The zero-order valence-electron chi connectivity index (χ0n) is 12.2. The van der Waals surface area contributed by atoms with E-state index < -0.39 is 0 Å². The number of halogens is 1. The van der Waals surface area contributed by atoms with Crippen molar-refractivity contribution in [1.82, 2.24) is 0 Å². The van der Waals surface area contributed by atoms with E-state index in [4.69, 9.17) is 11.6 Å². The molecule has 2 heteroatoms. The van der Waals surface area contributed by atoms with Crippen LogP contribution in [-0.4, -0.2) is 12.6 Å². The molecule has 0 aliphatic heterocycles. The first-order chi connectivity index (χ1) is 8.60. The maximum absolute atomic E-state index is 5.92. The second kappa shape index (κ2) is 7.68. The zero-order chi connectivity index (χ0) is 13.5. The van der Waals surface area contributed by atoms with E-state index in [0.29, 0.717) is 11.9 Å². The largest absolute Gasteiger partial charge is 0.369 e. The molecule has 0 saturated carbocycles. The number of alkyl halides is 1. The molecule has 102 valence electrons. The molecular weight excluding hydrogens is 242 g/mol. The minimum Gasteiger partial charge on any atom is -0.369 e. The molecule has 0 heterocycles. The van der Waals surface area contributed by atoms with Gasteiger partial charge in [-0.1, -0.05) is 25.8 Å². The highest BCUT2D eigenvalue weighted by molar-refractivity contribution is 6.17. The Morgan fingerprint density at radius 3 is 2.44 bits per heavy atom. The molecule has 0 fully saturated rings. The number of benzene rings is 1. The number of nitrogens with zero attached hydrogens (tertiary/aromatic N) is 1. The van der Waals surface area contributed by atoms with Crippen LogP contribution in [0.25, 0.3) is 0 Å². The Balaban J connectivity index is 2.82. The number of hydrogen-bond acceptors (Lipinski definition) is 1. The smallest absolute Gasteiger partial charge is 0.0476 e. The first-order valence-corrected chi connectivity index (χ1v) is 7.55. The highest BCUT2D eigenvalue weighted by Gasteiger charge is 2.11. The van der Waals surface area contributed by atoms with Gasteiger partial charge >= 0.3 is 0 Å². The Labute approximate surface area is 117 Å². The van der Waals surface area contributed by atoms with Crippen molar-refractivity contribution < 1.29 is 0 Å². The van der Waals surface area contributed by atoms with E-state index in [-0.39, 0.29) is 0 Å². The van der Waals surface area contributed by atoms with E-state index in [2.05, 4.69) is 50.8 Å². The summed E-state index contributed by atoms with van der Waals surface area (Å²) >= 11 is 5.92. The van der Waals surface area contributed by atoms with Crippen LogP contribution in [0.2, 0.25) is 0 Å². The Bertz CT molecular complexity index is 360. The van der Waals surface area contributed by atoms with Gasteiger partial charge in [0.25, 0.3) is 0 Å². The molecule has 1 nitrogen and oxygen atoms in total. The fourth-order valence-corrected chi connectivity index (χ4v) is 2.53. The third kappa shape index (κ3) is 4.20. The SMILES string of the molecule is CCCCCN(c1ccc(CCl)c(C)c1)C(C)C. The van der Waals surface area contributed by atoms with Crippen LogP contribution < -0.4 is 4.90 Å². The lowest BCUT2D eigenvalue weighted by atomic mass is 10.1. The summed E-state index contributed by atoms with van der Waals surface area (Å²) in [6.45, 7) is 10.1. The summed E-state index contributed by atoms with van der Waals surface area (Å²) in [4.78, 5) is 2.49. The van der Waals surface area contributed by atoms with Crippen LogP contribution in [-0.2, 0) is 5.88 Å². The Kier molecular flexibility index (Phi) is 6.56. The predicted octanol–water partition coefficient (Wildman–Crippen LogP) is 5.14. The lowest BCUT2D eigenvalue weighted by molar-refractivity contribution is 0.626. The molecule has 0 bridgehead atoms. The molecular formula is C16H26ClN. The average Bonchev–Trinajstić information content (AvgIpc) is 2.34. The summed E-state index contributed by atoms with van der Waals surface area (Å²) in [6, 6.07) is 7.18. The fourth-order valence-electron chi connectivity index (χ4n) is 2.23. The standard InChI is InChI=1S/C16H26ClN/c1-5-6-7-10-18(13(2)3)16-9-8-15(12-17)14(4)11-16/h8-9,11,13H,5-7,10,12H2,1-4H3. The number of anilines is 1. The molecule has 1 rings (SSSR count). The van der Waals surface area contributed by atoms with E-state index in [1.165, 1.54) is 36.1 Å². The normalized spacial score (nSPS) is 11.0. The van der Waals surface area contributed by atoms with Crippen LogP contribution in [0.3, 0.4) is 0 Å². The lowest BCUT2D eigenvalue weighted by Crippen LogP contribution is -2.31. The quantitative estimate of drug-likeness (QED) is 0.488. The monoisotopic (exact) mass is 267 g/mol. The zero-order valence-corrected chi connectivity index (χ0v) is 12.9. The predicted molar refractivity (Wildman–Crippen MR) is 82.7 cm³/mol. The Morgan fingerprint density at radius 1 is 1.22 bits per heavy atom. The van der Waals surface area contributed by atoms with Crippen molar-refractivity contribution in [2.45, 2.75) is 58.9 Å². The Hall–Kier alpha value is -0.690. The highest BCUT2D eigenvalue weighted by atomic mass is 35.5. The van der Waals surface area contributed by atoms with Gasteiger partial charge in [-0.2, -0.15) is 0 Å². The first kappa shape index (κ1) is 15.4. The second-order valence-electron chi connectivity index (χ2n) is 5.24. The molecule has 1 aromatic rings. The Morgan fingerprint density at radius 2 is 1.94 bits per heavy atom. The minimum atomic E-state index is 0.545. The van der Waals surface area contributed by atoms with Crippen LogP contribution >= 0.6 is 11.6 Å². The average molecular weight is 268 g/mol. The van der Waals surface area contributed by atoms with Crippen LogP contribution in [0.5, 0.6) is 0 Å². The number of hydrogen-bond donors (Lipinski definition) is 0. The van der Waals surface area contributed by atoms with Crippen molar-refractivity contribution in [2.75, 3.05) is 11.4 Å². The van der Waals surface area contributed by atoms with Crippen molar-refractivity contribution in [3.05, 3.63) is 29.3 Å². The highest BCUT2D eigenvalue weighted by Crippen LogP contribution is 2.22. The van der Waals surface area contributed by atoms with E-state index in [1.54, 1.807) is 0 Å². The third-order valence-corrected chi connectivity index (χ3v) is 3.72. The number of rotatable bonds is 7. The van der Waals surface area contributed by atoms with Crippen molar-refractivity contribution in [1.29, 1.82) is 0 Å². The van der Waals surface area contributed by atoms with E-state index in [9.17, 15) is 0 Å². The van der Waals surface area contributed by atoms with Crippen LogP contribution in [0.1, 0.15) is 51.2 Å². The molecule has 0 atom stereocenters. The van der Waals surface area contributed by atoms with Gasteiger partial charge in [0.05, 0.1) is 0 Å². The molecule has 0 aliphatic carbocycles. The molecule has 0 aliphatic rings. The summed E-state index contributed by atoms with van der Waals surface area (Å²) in [5, 5.41) is 0. The molecule has 1 aromatic carbocycles. The number of aryl methyl sites for hydroxylation is 1. The van der Waals surface area contributed by atoms with Gasteiger partial charge in [-0.15, -0.1) is 11.6 Å². The van der Waals surface area contributed by atoms with Crippen molar-refractivity contribution in [2.24, 2.45) is 0 Å². The number of unbranched alkanes of at least 4 members (excludes halogenated alkanes) is 2. The summed E-state index contributed by atoms with van der Waals surface area (Å²) in [5.41, 5.74) is 3.86. The van der Waals surface area contributed by atoms with Crippen molar-refractivity contribution >= 4 is 17.3 Å². The molecule has 0 spiro atoms. The molecule has 0 radical (unpaired) electrons. The van der Waals surface area contributed by atoms with E-state index in [0.717, 1.165) is 6.54 Å². The van der Waals surface area contributed by atoms with E-state index >= 15 is 0 Å². The molecule has 0 unspecified atom stereocenters. The molecule has 18 heavy (non-hydrogen) atoms. The summed E-state index contributed by atoms with van der Waals surface area (Å²) in [5.74, 6) is 0.601. The maximum Gasteiger partial charge on any atom is 0.0476 e. The van der Waals surface area contributed by atoms with Crippen molar-refractivity contribution in [3.8, 4) is 0 Å². The molecule has 0 saturated heterocycles. The van der Waals surface area contributed by atoms with Gasteiger partial charge in [0.1, 0.15) is 0 Å². The summed E-state index contributed by atoms with van der Waals surface area (Å²) < 4.78 is 0. The van der Waals surface area contributed by atoms with Gasteiger partial charge < -0.3 is 4.90 Å². The van der Waals surface area contributed by atoms with Gasteiger partial charge in [-0.3, -0.25) is 0 Å². The topological polar surface area (TPSA) is 3.24 Å². The van der Waals surface area contributed by atoms with Crippen molar-refractivity contribution in [3.63, 3.8) is 0 Å². The van der Waals surface area contributed by atoms with Crippen LogP contribution in [0, 0.1) is 6.92 Å². The van der Waals surface area contributed by atoms with Gasteiger partial charge in [0.2, 0.25) is 0 Å². The fraction of sp³-hybridized carbons (Fsp3) is 0.625. The summed E-state index contributed by atoms with van der Waals surface area (Å²) in [7, 11) is 0. The summed E-state index contributed by atoms with van der Waals surface area (Å²) in [6.07, 6.45) is 3.85. The minimum absolute atomic E-state index is 0.545. The van der Waals surface area contributed by atoms with Gasteiger partial charge in [0, 0.05) is 24.2 Å². The third-order valence-electron chi connectivity index (χ3n) is 3.43. The molecule has 0 aromatic heterocycles.